The smallest absolute Gasteiger partial charge is 0.310 e. The fourth-order valence-electron chi connectivity index (χ4n) is 1.02. The molecule has 0 aromatic carbocycles. The maximum Gasteiger partial charge on any atom is 0.310 e. The van der Waals surface area contributed by atoms with E-state index in [4.69, 9.17) is 4.74 Å². The Bertz CT molecular complexity index is 171. The highest BCUT2D eigenvalue weighted by Crippen LogP contribution is 2.10. The van der Waals surface area contributed by atoms with E-state index in [0.717, 1.165) is 24.8 Å². The van der Waals surface area contributed by atoms with E-state index in [1.807, 2.05) is 13.8 Å². The van der Waals surface area contributed by atoms with E-state index in [9.17, 15) is 4.79 Å². The van der Waals surface area contributed by atoms with Crippen LogP contribution in [0.5, 0.6) is 0 Å². The third-order valence-corrected chi connectivity index (χ3v) is 1.65. The second-order valence-electron chi connectivity index (χ2n) is 3.57. The predicted octanol–water partition coefficient (Wildman–Crippen LogP) is 3.07. The third kappa shape index (κ3) is 7.57. The van der Waals surface area contributed by atoms with Gasteiger partial charge in [0.15, 0.2) is 0 Å². The molecule has 0 saturated heterocycles. The standard InChI is InChI=1S/C11H20O2/c1-5-6-7-10(4)8-11(12)13-9(2)3/h9H,4-8H2,1-3H3. The summed E-state index contributed by atoms with van der Waals surface area (Å²) in [4.78, 5) is 11.1. The SMILES string of the molecule is C=C(CCCC)CC(=O)OC(C)C. The van der Waals surface area contributed by atoms with Gasteiger partial charge in [0.1, 0.15) is 0 Å². The number of ether oxygens (including phenoxy) is 1. The van der Waals surface area contributed by atoms with Crippen molar-refractivity contribution in [3.8, 4) is 0 Å². The van der Waals surface area contributed by atoms with Crippen LogP contribution in [0, 0.1) is 0 Å². The summed E-state index contributed by atoms with van der Waals surface area (Å²) in [6.07, 6.45) is 3.53. The molecule has 0 N–H and O–H groups in total. The van der Waals surface area contributed by atoms with Crippen molar-refractivity contribution in [2.45, 2.75) is 52.6 Å². The summed E-state index contributed by atoms with van der Waals surface area (Å²) >= 11 is 0. The van der Waals surface area contributed by atoms with Crippen LogP contribution in [0.4, 0.5) is 0 Å². The van der Waals surface area contributed by atoms with Gasteiger partial charge in [-0.15, -0.1) is 0 Å². The Morgan fingerprint density at radius 2 is 2.08 bits per heavy atom. The first-order valence-electron chi connectivity index (χ1n) is 4.92. The Kier molecular flexibility index (Phi) is 6.29. The zero-order chi connectivity index (χ0) is 10.3. The molecule has 2 heteroatoms. The molecule has 0 heterocycles. The van der Waals surface area contributed by atoms with Gasteiger partial charge in [0.2, 0.25) is 0 Å². The molecule has 0 fully saturated rings. The van der Waals surface area contributed by atoms with Gasteiger partial charge >= 0.3 is 5.97 Å². The van der Waals surface area contributed by atoms with Gasteiger partial charge in [-0.3, -0.25) is 4.79 Å². The summed E-state index contributed by atoms with van der Waals surface area (Å²) in [5, 5.41) is 0. The highest BCUT2D eigenvalue weighted by Gasteiger charge is 2.06. The molecule has 0 radical (unpaired) electrons. The number of esters is 1. The van der Waals surface area contributed by atoms with E-state index in [-0.39, 0.29) is 12.1 Å². The molecule has 76 valence electrons. The molecule has 0 saturated carbocycles. The van der Waals surface area contributed by atoms with E-state index < -0.39 is 0 Å². The number of hydrogen-bond acceptors (Lipinski definition) is 2. The maximum atomic E-state index is 11.1. The molecule has 2 nitrogen and oxygen atoms in total. The van der Waals surface area contributed by atoms with Gasteiger partial charge in [0.25, 0.3) is 0 Å². The number of unbranched alkanes of at least 4 members (excludes halogenated alkanes) is 1. The average molecular weight is 184 g/mol. The Morgan fingerprint density at radius 3 is 2.54 bits per heavy atom. The number of rotatable bonds is 6. The van der Waals surface area contributed by atoms with Crippen LogP contribution in [0.3, 0.4) is 0 Å². The van der Waals surface area contributed by atoms with Crippen molar-refractivity contribution in [1.29, 1.82) is 0 Å². The summed E-state index contributed by atoms with van der Waals surface area (Å²) in [6, 6.07) is 0. The summed E-state index contributed by atoms with van der Waals surface area (Å²) in [6.45, 7) is 9.67. The van der Waals surface area contributed by atoms with Gasteiger partial charge in [-0.25, -0.2) is 0 Å². The van der Waals surface area contributed by atoms with Gasteiger partial charge in [-0.1, -0.05) is 25.5 Å². The van der Waals surface area contributed by atoms with E-state index in [1.165, 1.54) is 0 Å². The average Bonchev–Trinajstić information content (AvgIpc) is 1.98. The highest BCUT2D eigenvalue weighted by molar-refractivity contribution is 5.72. The number of carbonyl (C=O) groups is 1. The lowest BCUT2D eigenvalue weighted by atomic mass is 10.1. The highest BCUT2D eigenvalue weighted by atomic mass is 16.5. The fourth-order valence-corrected chi connectivity index (χ4v) is 1.02. The van der Waals surface area contributed by atoms with Crippen molar-refractivity contribution in [1.82, 2.24) is 0 Å². The van der Waals surface area contributed by atoms with Crippen LogP contribution < -0.4 is 0 Å². The molecule has 0 aliphatic heterocycles. The van der Waals surface area contributed by atoms with Gasteiger partial charge < -0.3 is 4.74 Å². The molecular weight excluding hydrogens is 164 g/mol. The largest absolute Gasteiger partial charge is 0.463 e. The second-order valence-corrected chi connectivity index (χ2v) is 3.57. The Hall–Kier alpha value is -0.790. The normalized spacial score (nSPS) is 10.2. The van der Waals surface area contributed by atoms with Crippen LogP contribution in [0.25, 0.3) is 0 Å². The molecule has 13 heavy (non-hydrogen) atoms. The lowest BCUT2D eigenvalue weighted by Gasteiger charge is -2.08. The van der Waals surface area contributed by atoms with Crippen molar-refractivity contribution in [2.24, 2.45) is 0 Å². The van der Waals surface area contributed by atoms with Crippen LogP contribution in [-0.4, -0.2) is 12.1 Å². The molecule has 0 bridgehead atoms. The quantitative estimate of drug-likeness (QED) is 0.468. The maximum absolute atomic E-state index is 11.1. The first-order chi connectivity index (χ1) is 6.06. The lowest BCUT2D eigenvalue weighted by molar-refractivity contribution is -0.146. The van der Waals surface area contributed by atoms with E-state index in [0.29, 0.717) is 6.42 Å². The van der Waals surface area contributed by atoms with Gasteiger partial charge in [-0.2, -0.15) is 0 Å². The van der Waals surface area contributed by atoms with Crippen LogP contribution in [-0.2, 0) is 9.53 Å². The fraction of sp³-hybridized carbons (Fsp3) is 0.727. The molecule has 0 amide bonds. The Morgan fingerprint density at radius 1 is 1.46 bits per heavy atom. The van der Waals surface area contributed by atoms with Crippen LogP contribution in [0.1, 0.15) is 46.5 Å². The topological polar surface area (TPSA) is 26.3 Å². The summed E-state index contributed by atoms with van der Waals surface area (Å²) in [5.41, 5.74) is 0.979. The lowest BCUT2D eigenvalue weighted by Crippen LogP contribution is -2.11. The molecule has 0 aromatic rings. The van der Waals surface area contributed by atoms with Crippen LogP contribution in [0.2, 0.25) is 0 Å². The number of hydrogen-bond donors (Lipinski definition) is 0. The molecular formula is C11H20O2. The first kappa shape index (κ1) is 12.2. The van der Waals surface area contributed by atoms with Crippen molar-refractivity contribution in [3.05, 3.63) is 12.2 Å². The zero-order valence-corrected chi connectivity index (χ0v) is 8.93. The van der Waals surface area contributed by atoms with Crippen LogP contribution >= 0.6 is 0 Å². The van der Waals surface area contributed by atoms with Crippen molar-refractivity contribution in [2.75, 3.05) is 0 Å². The van der Waals surface area contributed by atoms with Gasteiger partial charge in [0.05, 0.1) is 12.5 Å². The van der Waals surface area contributed by atoms with Crippen molar-refractivity contribution >= 4 is 5.97 Å². The molecule has 0 spiro atoms. The summed E-state index contributed by atoms with van der Waals surface area (Å²) < 4.78 is 5.00. The minimum absolute atomic E-state index is 0.0218. The molecule has 0 aliphatic carbocycles. The second kappa shape index (κ2) is 6.70. The van der Waals surface area contributed by atoms with Crippen molar-refractivity contribution in [3.63, 3.8) is 0 Å². The van der Waals surface area contributed by atoms with E-state index in [2.05, 4.69) is 13.5 Å². The first-order valence-corrected chi connectivity index (χ1v) is 4.92. The van der Waals surface area contributed by atoms with E-state index >= 15 is 0 Å². The number of carbonyl (C=O) groups excluding carboxylic acids is 1. The minimum Gasteiger partial charge on any atom is -0.463 e. The molecule has 0 aromatic heterocycles. The molecule has 0 rings (SSSR count). The third-order valence-electron chi connectivity index (χ3n) is 1.65. The summed E-state index contributed by atoms with van der Waals surface area (Å²) in [7, 11) is 0. The Labute approximate surface area is 81.0 Å². The molecule has 0 unspecified atom stereocenters. The monoisotopic (exact) mass is 184 g/mol. The minimum atomic E-state index is -0.156. The summed E-state index contributed by atoms with van der Waals surface area (Å²) in [5.74, 6) is -0.156. The zero-order valence-electron chi connectivity index (χ0n) is 8.93. The Balaban J connectivity index is 3.59. The van der Waals surface area contributed by atoms with Gasteiger partial charge in [-0.05, 0) is 26.7 Å². The molecule has 0 atom stereocenters. The molecule has 0 aliphatic rings. The van der Waals surface area contributed by atoms with E-state index in [1.54, 1.807) is 0 Å². The van der Waals surface area contributed by atoms with Gasteiger partial charge in [0, 0.05) is 0 Å². The van der Waals surface area contributed by atoms with Crippen molar-refractivity contribution < 1.29 is 9.53 Å². The predicted molar refractivity (Wildman–Crippen MR) is 54.5 cm³/mol. The van der Waals surface area contributed by atoms with Crippen LogP contribution in [0.15, 0.2) is 12.2 Å².